The van der Waals surface area contributed by atoms with Gasteiger partial charge in [-0.15, -0.1) is 10.2 Å². The fourth-order valence-corrected chi connectivity index (χ4v) is 5.93. The number of nitrogens with two attached hydrogens (primary N) is 1. The van der Waals surface area contributed by atoms with Crippen molar-refractivity contribution >= 4 is 68.6 Å². The van der Waals surface area contributed by atoms with Gasteiger partial charge in [-0.25, -0.2) is 0 Å². The Hall–Kier alpha value is -3.87. The number of aromatic hydroxyl groups is 1. The van der Waals surface area contributed by atoms with Gasteiger partial charge in [-0.2, -0.15) is 30.0 Å². The highest BCUT2D eigenvalue weighted by Gasteiger charge is 2.23. The zero-order valence-electron chi connectivity index (χ0n) is 18.0. The average Bonchev–Trinajstić information content (AvgIpc) is 3.23. The summed E-state index contributed by atoms with van der Waals surface area (Å²) in [6, 6.07) is 9.47. The maximum absolute atomic E-state index is 11.9. The molecule has 192 valence electrons. The summed E-state index contributed by atoms with van der Waals surface area (Å²) in [6.45, 7) is 0. The summed E-state index contributed by atoms with van der Waals surface area (Å²) in [5, 5.41) is 19.0. The van der Waals surface area contributed by atoms with Crippen LogP contribution in [0.5, 0.6) is 5.75 Å². The highest BCUT2D eigenvalue weighted by molar-refractivity contribution is 7.87. The van der Waals surface area contributed by atoms with Crippen molar-refractivity contribution in [3.05, 3.63) is 48.5 Å². The Bertz CT molecular complexity index is 2140. The summed E-state index contributed by atoms with van der Waals surface area (Å²) in [6.07, 6.45) is 0. The molecule has 0 bridgehead atoms. The van der Waals surface area contributed by atoms with Crippen LogP contribution in [0.2, 0.25) is 0 Å². The number of rotatable bonds is 4. The number of hydrogen-bond acceptors (Lipinski definition) is 10. The molecule has 0 aliphatic heterocycles. The second-order valence-electron chi connectivity index (χ2n) is 7.91. The van der Waals surface area contributed by atoms with Crippen LogP contribution in [-0.2, 0) is 30.4 Å². The van der Waals surface area contributed by atoms with Crippen LogP contribution >= 0.6 is 0 Å². The first-order chi connectivity index (χ1) is 17.1. The van der Waals surface area contributed by atoms with Crippen molar-refractivity contribution in [1.29, 1.82) is 0 Å². The molecular weight excluding hydrogens is 552 g/mol. The molecule has 0 amide bonds. The summed E-state index contributed by atoms with van der Waals surface area (Å²) in [5.41, 5.74) is 5.49. The van der Waals surface area contributed by atoms with Crippen molar-refractivity contribution in [2.24, 2.45) is 0 Å². The first kappa shape index (κ1) is 24.8. The molecule has 17 heteroatoms. The summed E-state index contributed by atoms with van der Waals surface area (Å²) in [5.74, 6) is -0.572. The fraction of sp³-hybridized carbons (Fsp3) is 0. The van der Waals surface area contributed by atoms with Gasteiger partial charge in [0.15, 0.2) is 0 Å². The van der Waals surface area contributed by atoms with E-state index >= 15 is 0 Å². The second-order valence-corrected chi connectivity index (χ2v) is 12.1. The van der Waals surface area contributed by atoms with E-state index in [9.17, 15) is 44.0 Å². The van der Waals surface area contributed by atoms with Crippen LogP contribution in [-0.4, -0.2) is 59.0 Å². The molecule has 4 aromatic carbocycles. The SMILES string of the molecule is Nc1c(S(=O)(=O)O)cc2cc(-n3nc4ccc5c(S(=O)(=O)O)cc(S(=O)(=O)O)cc5c4n3)ccc2c1O. The molecule has 1 aromatic heterocycles. The number of nitrogen functional groups attached to an aromatic ring is 1. The molecule has 0 aliphatic rings. The summed E-state index contributed by atoms with van der Waals surface area (Å²) >= 11 is 0. The maximum Gasteiger partial charge on any atom is 0.296 e. The molecule has 5 rings (SSSR count). The van der Waals surface area contributed by atoms with Gasteiger partial charge in [0.25, 0.3) is 30.4 Å². The van der Waals surface area contributed by atoms with Crippen LogP contribution in [0.15, 0.2) is 63.2 Å². The molecule has 14 nitrogen and oxygen atoms in total. The Labute approximate surface area is 207 Å². The van der Waals surface area contributed by atoms with Gasteiger partial charge in [0, 0.05) is 16.2 Å². The normalized spacial score (nSPS) is 13.1. The zero-order valence-corrected chi connectivity index (χ0v) is 20.5. The predicted molar refractivity (Wildman–Crippen MR) is 129 cm³/mol. The lowest BCUT2D eigenvalue weighted by Gasteiger charge is -2.10. The smallest absolute Gasteiger partial charge is 0.296 e. The Morgan fingerprint density at radius 2 is 1.35 bits per heavy atom. The van der Waals surface area contributed by atoms with E-state index in [-0.39, 0.29) is 38.3 Å². The van der Waals surface area contributed by atoms with E-state index in [4.69, 9.17) is 5.73 Å². The number of phenolic OH excluding ortho intramolecular Hbond substituents is 1. The van der Waals surface area contributed by atoms with Gasteiger partial charge in [0.2, 0.25) is 0 Å². The quantitative estimate of drug-likeness (QED) is 0.118. The first-order valence-corrected chi connectivity index (χ1v) is 14.2. The van der Waals surface area contributed by atoms with Crippen LogP contribution in [0.4, 0.5) is 5.69 Å². The first-order valence-electron chi connectivity index (χ1n) is 9.87. The highest BCUT2D eigenvalue weighted by atomic mass is 32.2. The molecule has 6 N–H and O–H groups in total. The molecule has 0 atom stereocenters. The Morgan fingerprint density at radius 3 is 1.97 bits per heavy atom. The molecule has 0 saturated heterocycles. The Kier molecular flexibility index (Phi) is 5.24. The van der Waals surface area contributed by atoms with Crippen LogP contribution in [0.3, 0.4) is 0 Å². The van der Waals surface area contributed by atoms with E-state index in [1.54, 1.807) is 0 Å². The molecule has 0 saturated carbocycles. The van der Waals surface area contributed by atoms with Gasteiger partial charge in [-0.05, 0) is 47.9 Å². The summed E-state index contributed by atoms with van der Waals surface area (Å²) < 4.78 is 99.1. The van der Waals surface area contributed by atoms with Gasteiger partial charge in [0.05, 0.1) is 16.3 Å². The topological polar surface area (TPSA) is 240 Å². The molecular formula is C20H14N4O10S3. The fourth-order valence-electron chi connectivity index (χ4n) is 3.93. The van der Waals surface area contributed by atoms with E-state index in [0.29, 0.717) is 6.07 Å². The third kappa shape index (κ3) is 4.12. The Morgan fingerprint density at radius 1 is 0.703 bits per heavy atom. The van der Waals surface area contributed by atoms with Gasteiger partial charge < -0.3 is 10.8 Å². The summed E-state index contributed by atoms with van der Waals surface area (Å²) in [7, 11) is -14.5. The zero-order chi connectivity index (χ0) is 27.1. The van der Waals surface area contributed by atoms with Gasteiger partial charge in [-0.3, -0.25) is 13.7 Å². The van der Waals surface area contributed by atoms with E-state index in [2.05, 4.69) is 10.2 Å². The Balaban J connectivity index is 1.80. The molecule has 0 fully saturated rings. The minimum absolute atomic E-state index is 0.00627. The predicted octanol–water partition coefficient (Wildman–Crippen LogP) is 1.75. The largest absolute Gasteiger partial charge is 0.505 e. The van der Waals surface area contributed by atoms with Crippen molar-refractivity contribution in [2.75, 3.05) is 5.73 Å². The lowest BCUT2D eigenvalue weighted by Crippen LogP contribution is -2.04. The lowest BCUT2D eigenvalue weighted by molar-refractivity contribution is 0.473. The number of aromatic nitrogens is 3. The molecule has 0 aliphatic carbocycles. The lowest BCUT2D eigenvalue weighted by atomic mass is 10.1. The minimum Gasteiger partial charge on any atom is -0.505 e. The molecule has 37 heavy (non-hydrogen) atoms. The maximum atomic E-state index is 11.9. The van der Waals surface area contributed by atoms with Crippen LogP contribution < -0.4 is 5.73 Å². The van der Waals surface area contributed by atoms with Crippen LogP contribution in [0.1, 0.15) is 0 Å². The van der Waals surface area contributed by atoms with E-state index in [1.807, 2.05) is 0 Å². The van der Waals surface area contributed by atoms with E-state index in [0.717, 1.165) is 16.9 Å². The molecule has 1 heterocycles. The van der Waals surface area contributed by atoms with Gasteiger partial charge in [-0.1, -0.05) is 6.07 Å². The molecule has 0 spiro atoms. The van der Waals surface area contributed by atoms with Crippen molar-refractivity contribution in [2.45, 2.75) is 14.7 Å². The highest BCUT2D eigenvalue weighted by Crippen LogP contribution is 2.37. The van der Waals surface area contributed by atoms with Gasteiger partial charge in [0.1, 0.15) is 26.6 Å². The number of nitrogens with zero attached hydrogens (tertiary/aromatic N) is 3. The number of anilines is 1. The average molecular weight is 567 g/mol. The van der Waals surface area contributed by atoms with Crippen LogP contribution in [0.25, 0.3) is 38.3 Å². The number of fused-ring (bicyclic) bond motifs is 4. The van der Waals surface area contributed by atoms with Crippen molar-refractivity contribution in [3.63, 3.8) is 0 Å². The van der Waals surface area contributed by atoms with E-state index in [1.165, 1.54) is 30.3 Å². The van der Waals surface area contributed by atoms with E-state index < -0.39 is 56.5 Å². The standard InChI is InChI=1S/C20H14N4O10S3/c21-18-17(37(32,33)34)6-9-5-10(1-2-12(9)20(18)25)24-22-15-4-3-13-14(19(15)23-24)7-11(35(26,27)28)8-16(13)36(29,30)31/h1-8,25H,21H2,(H,26,27,28)(H,29,30,31)(H,32,33,34). The summed E-state index contributed by atoms with van der Waals surface area (Å²) in [4.78, 5) is -1.22. The number of benzene rings is 4. The van der Waals surface area contributed by atoms with Crippen molar-refractivity contribution < 1.29 is 44.0 Å². The minimum atomic E-state index is -4.91. The van der Waals surface area contributed by atoms with Gasteiger partial charge >= 0.3 is 0 Å². The van der Waals surface area contributed by atoms with Crippen molar-refractivity contribution in [1.82, 2.24) is 15.0 Å². The molecule has 5 aromatic rings. The second kappa shape index (κ2) is 7.81. The number of hydrogen-bond donors (Lipinski definition) is 5. The third-order valence-electron chi connectivity index (χ3n) is 5.60. The van der Waals surface area contributed by atoms with Crippen LogP contribution in [0, 0.1) is 0 Å². The molecule has 0 radical (unpaired) electrons. The number of phenols is 1. The molecule has 0 unspecified atom stereocenters. The monoisotopic (exact) mass is 566 g/mol. The van der Waals surface area contributed by atoms with Crippen molar-refractivity contribution in [3.8, 4) is 11.4 Å². The third-order valence-corrected chi connectivity index (χ3v) is 8.22.